The summed E-state index contributed by atoms with van der Waals surface area (Å²) in [6.45, 7) is 3.11. The lowest BCUT2D eigenvalue weighted by Crippen LogP contribution is -2.40. The van der Waals surface area contributed by atoms with Gasteiger partial charge in [0.05, 0.1) is 18.2 Å². The largest absolute Gasteiger partial charge is 0.492 e. The fourth-order valence-corrected chi connectivity index (χ4v) is 2.86. The number of aryl methyl sites for hydroxylation is 1. The van der Waals surface area contributed by atoms with Gasteiger partial charge in [0.1, 0.15) is 18.9 Å². The maximum absolute atomic E-state index is 12.0. The highest BCUT2D eigenvalue weighted by atomic mass is 32.2. The molecular formula is C15H20N2O3S. The number of carbonyl (C=O) groups is 2. The maximum Gasteiger partial charge on any atom is 0.242 e. The van der Waals surface area contributed by atoms with E-state index >= 15 is 0 Å². The minimum atomic E-state index is -0.0568. The van der Waals surface area contributed by atoms with E-state index < -0.39 is 0 Å². The topological polar surface area (TPSA) is 49.9 Å². The first-order chi connectivity index (χ1) is 10.1. The molecule has 6 heteroatoms. The van der Waals surface area contributed by atoms with Crippen molar-refractivity contribution in [3.63, 3.8) is 0 Å². The van der Waals surface area contributed by atoms with Gasteiger partial charge in [-0.25, -0.2) is 0 Å². The number of benzene rings is 1. The normalized spacial score (nSPS) is 14.4. The first kappa shape index (κ1) is 15.7. The molecular weight excluding hydrogens is 288 g/mol. The Kier molecular flexibility index (Phi) is 5.50. The van der Waals surface area contributed by atoms with Gasteiger partial charge in [-0.2, -0.15) is 0 Å². The molecule has 5 nitrogen and oxygen atoms in total. The van der Waals surface area contributed by atoms with Gasteiger partial charge in [0.2, 0.25) is 11.8 Å². The molecule has 0 spiro atoms. The van der Waals surface area contributed by atoms with Crippen molar-refractivity contribution in [1.29, 1.82) is 0 Å². The molecule has 0 bridgehead atoms. The van der Waals surface area contributed by atoms with Crippen molar-refractivity contribution in [2.75, 3.05) is 38.4 Å². The van der Waals surface area contributed by atoms with Crippen LogP contribution in [0, 0.1) is 6.92 Å². The fourth-order valence-electron chi connectivity index (χ4n) is 1.95. The molecule has 2 amide bonds. The molecule has 21 heavy (non-hydrogen) atoms. The Morgan fingerprint density at radius 2 is 2.29 bits per heavy atom. The molecule has 0 unspecified atom stereocenters. The second kappa shape index (κ2) is 7.36. The summed E-state index contributed by atoms with van der Waals surface area (Å²) < 4.78 is 5.62. The third kappa shape index (κ3) is 4.67. The molecule has 2 rings (SSSR count). The Morgan fingerprint density at radius 1 is 1.48 bits per heavy atom. The van der Waals surface area contributed by atoms with Crippen LogP contribution in [0.4, 0.5) is 0 Å². The molecule has 0 aliphatic carbocycles. The van der Waals surface area contributed by atoms with Crippen molar-refractivity contribution in [2.45, 2.75) is 6.92 Å². The Labute approximate surface area is 129 Å². The summed E-state index contributed by atoms with van der Waals surface area (Å²) in [5, 5.41) is 0. The van der Waals surface area contributed by atoms with Gasteiger partial charge < -0.3 is 14.5 Å². The van der Waals surface area contributed by atoms with E-state index in [0.717, 1.165) is 11.3 Å². The van der Waals surface area contributed by atoms with Gasteiger partial charge in [0.15, 0.2) is 0 Å². The smallest absolute Gasteiger partial charge is 0.242 e. The number of thioether (sulfide) groups is 1. The summed E-state index contributed by atoms with van der Waals surface area (Å²) in [6, 6.07) is 7.81. The molecule has 1 saturated heterocycles. The summed E-state index contributed by atoms with van der Waals surface area (Å²) in [7, 11) is 1.73. The lowest BCUT2D eigenvalue weighted by atomic mass is 10.2. The summed E-state index contributed by atoms with van der Waals surface area (Å²) in [4.78, 5) is 26.7. The van der Waals surface area contributed by atoms with Crippen LogP contribution >= 0.6 is 11.8 Å². The van der Waals surface area contributed by atoms with Crippen LogP contribution < -0.4 is 4.74 Å². The standard InChI is InChI=1S/C15H20N2O3S/c1-12-4-3-5-13(8-12)20-7-6-16(2)14(18)9-17-11-21-10-15(17)19/h3-5,8H,6-7,9-11H2,1-2H3. The third-order valence-corrected chi connectivity index (χ3v) is 4.21. The number of amides is 2. The van der Waals surface area contributed by atoms with Crippen LogP contribution in [-0.2, 0) is 9.59 Å². The first-order valence-corrected chi connectivity index (χ1v) is 8.00. The minimum absolute atomic E-state index is 0.0396. The quantitative estimate of drug-likeness (QED) is 0.796. The van der Waals surface area contributed by atoms with E-state index in [1.807, 2.05) is 31.2 Å². The van der Waals surface area contributed by atoms with Crippen molar-refractivity contribution in [1.82, 2.24) is 9.80 Å². The van der Waals surface area contributed by atoms with E-state index in [0.29, 0.717) is 24.8 Å². The molecule has 1 aliphatic rings. The number of likely N-dealkylation sites (N-methyl/N-ethyl adjacent to an activating group) is 1. The number of nitrogens with zero attached hydrogens (tertiary/aromatic N) is 2. The third-order valence-electron chi connectivity index (χ3n) is 3.26. The van der Waals surface area contributed by atoms with E-state index in [9.17, 15) is 9.59 Å². The zero-order chi connectivity index (χ0) is 15.2. The Morgan fingerprint density at radius 3 is 2.95 bits per heavy atom. The Bertz CT molecular complexity index is 521. The molecule has 0 aromatic heterocycles. The molecule has 1 aromatic rings. The van der Waals surface area contributed by atoms with E-state index in [4.69, 9.17) is 4.74 Å². The van der Waals surface area contributed by atoms with Crippen molar-refractivity contribution >= 4 is 23.6 Å². The van der Waals surface area contributed by atoms with Crippen LogP contribution in [0.3, 0.4) is 0 Å². The van der Waals surface area contributed by atoms with Gasteiger partial charge in [-0.3, -0.25) is 9.59 Å². The first-order valence-electron chi connectivity index (χ1n) is 6.85. The van der Waals surface area contributed by atoms with Gasteiger partial charge in [0.25, 0.3) is 0 Å². The van der Waals surface area contributed by atoms with Gasteiger partial charge in [0, 0.05) is 7.05 Å². The molecule has 0 saturated carbocycles. The van der Waals surface area contributed by atoms with E-state index in [-0.39, 0.29) is 18.4 Å². The highest BCUT2D eigenvalue weighted by Gasteiger charge is 2.24. The molecule has 0 atom stereocenters. The SMILES string of the molecule is Cc1cccc(OCCN(C)C(=O)CN2CSCC2=O)c1. The van der Waals surface area contributed by atoms with Crippen LogP contribution in [0.25, 0.3) is 0 Å². The number of ether oxygens (including phenoxy) is 1. The number of rotatable bonds is 6. The summed E-state index contributed by atoms with van der Waals surface area (Å²) in [5.41, 5.74) is 1.14. The minimum Gasteiger partial charge on any atom is -0.492 e. The maximum atomic E-state index is 12.0. The fraction of sp³-hybridized carbons (Fsp3) is 0.467. The van der Waals surface area contributed by atoms with Crippen LogP contribution in [0.15, 0.2) is 24.3 Å². The lowest BCUT2D eigenvalue weighted by molar-refractivity contribution is -0.137. The van der Waals surface area contributed by atoms with Gasteiger partial charge in [-0.15, -0.1) is 11.8 Å². The average Bonchev–Trinajstić information content (AvgIpc) is 2.84. The van der Waals surface area contributed by atoms with Crippen LogP contribution in [-0.4, -0.2) is 60.0 Å². The van der Waals surface area contributed by atoms with Gasteiger partial charge >= 0.3 is 0 Å². The summed E-state index contributed by atoms with van der Waals surface area (Å²) in [6.07, 6.45) is 0. The van der Waals surface area contributed by atoms with Crippen molar-refractivity contribution in [2.24, 2.45) is 0 Å². The zero-order valence-electron chi connectivity index (χ0n) is 12.4. The Balaban J connectivity index is 1.72. The van der Waals surface area contributed by atoms with Crippen molar-refractivity contribution in [3.05, 3.63) is 29.8 Å². The number of hydrogen-bond donors (Lipinski definition) is 0. The zero-order valence-corrected chi connectivity index (χ0v) is 13.2. The molecule has 0 N–H and O–H groups in total. The number of carbonyl (C=O) groups excluding carboxylic acids is 2. The average molecular weight is 308 g/mol. The van der Waals surface area contributed by atoms with Crippen molar-refractivity contribution < 1.29 is 14.3 Å². The predicted molar refractivity (Wildman–Crippen MR) is 83.3 cm³/mol. The molecule has 1 aliphatic heterocycles. The van der Waals surface area contributed by atoms with Crippen molar-refractivity contribution in [3.8, 4) is 5.75 Å². The van der Waals surface area contributed by atoms with Crippen LogP contribution in [0.1, 0.15) is 5.56 Å². The Hall–Kier alpha value is -1.69. The monoisotopic (exact) mass is 308 g/mol. The summed E-state index contributed by atoms with van der Waals surface area (Å²) >= 11 is 1.54. The van der Waals surface area contributed by atoms with Gasteiger partial charge in [-0.1, -0.05) is 12.1 Å². The molecule has 1 aromatic carbocycles. The molecule has 114 valence electrons. The van der Waals surface area contributed by atoms with E-state index in [1.54, 1.807) is 28.6 Å². The number of hydrogen-bond acceptors (Lipinski definition) is 4. The molecule has 0 radical (unpaired) electrons. The summed E-state index contributed by atoms with van der Waals surface area (Å²) in [5.74, 6) is 1.88. The second-order valence-corrected chi connectivity index (χ2v) is 6.00. The van der Waals surface area contributed by atoms with E-state index in [2.05, 4.69) is 0 Å². The van der Waals surface area contributed by atoms with E-state index in [1.165, 1.54) is 0 Å². The van der Waals surface area contributed by atoms with Gasteiger partial charge in [-0.05, 0) is 24.6 Å². The highest BCUT2D eigenvalue weighted by molar-refractivity contribution is 8.00. The highest BCUT2D eigenvalue weighted by Crippen LogP contribution is 2.15. The van der Waals surface area contributed by atoms with Crippen LogP contribution in [0.2, 0.25) is 0 Å². The molecule has 1 heterocycles. The predicted octanol–water partition coefficient (Wildman–Crippen LogP) is 1.37. The lowest BCUT2D eigenvalue weighted by Gasteiger charge is -2.21. The molecule has 1 fully saturated rings. The second-order valence-electron chi connectivity index (χ2n) is 5.05. The van der Waals surface area contributed by atoms with Crippen LogP contribution in [0.5, 0.6) is 5.75 Å².